The van der Waals surface area contributed by atoms with Crippen molar-refractivity contribution in [1.29, 1.82) is 0 Å². The Morgan fingerprint density at radius 2 is 1.95 bits per heavy atom. The summed E-state index contributed by atoms with van der Waals surface area (Å²) in [6, 6.07) is 2.49. The quantitative estimate of drug-likeness (QED) is 0.900. The molecule has 4 nitrogen and oxygen atoms in total. The molecular weight excluding hydrogens is 315 g/mol. The molecule has 2 rings (SSSR count). The van der Waals surface area contributed by atoms with Crippen LogP contribution in [0, 0.1) is 5.82 Å². The fourth-order valence-corrected chi connectivity index (χ4v) is 4.17. The molecule has 1 heterocycles. The predicted molar refractivity (Wildman–Crippen MR) is 81.4 cm³/mol. The van der Waals surface area contributed by atoms with Crippen LogP contribution in [0.4, 0.5) is 4.39 Å². The van der Waals surface area contributed by atoms with Crippen LogP contribution >= 0.6 is 11.6 Å². The third-order valence-corrected chi connectivity index (χ3v) is 5.90. The van der Waals surface area contributed by atoms with Gasteiger partial charge >= 0.3 is 0 Å². The topological polar surface area (TPSA) is 49.4 Å². The van der Waals surface area contributed by atoms with E-state index in [0.717, 1.165) is 25.3 Å². The smallest absolute Gasteiger partial charge is 0.243 e. The summed E-state index contributed by atoms with van der Waals surface area (Å²) in [6.07, 6.45) is 2.73. The third kappa shape index (κ3) is 3.74. The van der Waals surface area contributed by atoms with Gasteiger partial charge in [0.25, 0.3) is 0 Å². The Labute approximate surface area is 130 Å². The van der Waals surface area contributed by atoms with Crippen LogP contribution in [-0.2, 0) is 16.6 Å². The minimum atomic E-state index is -3.64. The van der Waals surface area contributed by atoms with Crippen LogP contribution < -0.4 is 5.32 Å². The zero-order valence-corrected chi connectivity index (χ0v) is 13.6. The fraction of sp³-hybridized carbons (Fsp3) is 0.571. The van der Waals surface area contributed by atoms with E-state index in [2.05, 4.69) is 5.32 Å². The van der Waals surface area contributed by atoms with Crippen LogP contribution in [0.1, 0.15) is 31.7 Å². The Morgan fingerprint density at radius 3 is 2.57 bits per heavy atom. The van der Waals surface area contributed by atoms with Crippen LogP contribution in [0.5, 0.6) is 0 Å². The lowest BCUT2D eigenvalue weighted by Gasteiger charge is -2.26. The van der Waals surface area contributed by atoms with E-state index in [1.807, 2.05) is 6.92 Å². The van der Waals surface area contributed by atoms with Crippen LogP contribution in [0.2, 0.25) is 5.02 Å². The molecule has 21 heavy (non-hydrogen) atoms. The van der Waals surface area contributed by atoms with Crippen LogP contribution in [0.15, 0.2) is 17.0 Å². The molecule has 0 unspecified atom stereocenters. The molecule has 1 saturated heterocycles. The van der Waals surface area contributed by atoms with Gasteiger partial charge in [-0.3, -0.25) is 0 Å². The second-order valence-electron chi connectivity index (χ2n) is 5.12. The maximum atomic E-state index is 13.9. The number of halogens is 2. The summed E-state index contributed by atoms with van der Waals surface area (Å²) in [5, 5.41) is 3.01. The van der Waals surface area contributed by atoms with Crippen molar-refractivity contribution in [2.45, 2.75) is 37.6 Å². The molecular formula is C14H20ClFN2O2S. The van der Waals surface area contributed by atoms with E-state index in [4.69, 9.17) is 11.6 Å². The Hall–Kier alpha value is -0.690. The molecule has 0 atom stereocenters. The van der Waals surface area contributed by atoms with Crippen LogP contribution in [-0.4, -0.2) is 32.4 Å². The number of nitrogens with zero attached hydrogens (tertiary/aromatic N) is 1. The van der Waals surface area contributed by atoms with Crippen molar-refractivity contribution in [2.24, 2.45) is 0 Å². The van der Waals surface area contributed by atoms with Crippen LogP contribution in [0.25, 0.3) is 0 Å². The average molecular weight is 335 g/mol. The van der Waals surface area contributed by atoms with Gasteiger partial charge in [0.2, 0.25) is 10.0 Å². The standard InChI is InChI=1S/C14H20ClFN2O2S/c1-2-17-10-11-8-12(9-13(16)14(11)15)21(19,20)18-6-4-3-5-7-18/h8-9,17H,2-7,10H2,1H3. The Morgan fingerprint density at radius 1 is 1.29 bits per heavy atom. The van der Waals surface area contributed by atoms with Crippen molar-refractivity contribution in [1.82, 2.24) is 9.62 Å². The molecule has 0 aliphatic carbocycles. The maximum absolute atomic E-state index is 13.9. The summed E-state index contributed by atoms with van der Waals surface area (Å²) in [6.45, 7) is 3.94. The molecule has 7 heteroatoms. The molecule has 0 aromatic heterocycles. The van der Waals surface area contributed by atoms with Gasteiger partial charge in [-0.15, -0.1) is 0 Å². The highest BCUT2D eigenvalue weighted by Crippen LogP contribution is 2.27. The number of rotatable bonds is 5. The van der Waals surface area contributed by atoms with E-state index >= 15 is 0 Å². The Kier molecular flexibility index (Phi) is 5.60. The predicted octanol–water partition coefficient (Wildman–Crippen LogP) is 2.76. The largest absolute Gasteiger partial charge is 0.313 e. The van der Waals surface area contributed by atoms with E-state index in [0.29, 0.717) is 31.7 Å². The second kappa shape index (κ2) is 7.05. The Balaban J connectivity index is 2.36. The van der Waals surface area contributed by atoms with Crippen molar-refractivity contribution in [3.05, 3.63) is 28.5 Å². The number of nitrogens with one attached hydrogen (secondary N) is 1. The first-order chi connectivity index (χ1) is 9.96. The van der Waals surface area contributed by atoms with Gasteiger partial charge in [0.1, 0.15) is 5.82 Å². The summed E-state index contributed by atoms with van der Waals surface area (Å²) in [5.41, 5.74) is 0.467. The molecule has 0 amide bonds. The molecule has 0 radical (unpaired) electrons. The SMILES string of the molecule is CCNCc1cc(S(=O)(=O)N2CCCCC2)cc(F)c1Cl. The molecule has 1 aromatic carbocycles. The van der Waals surface area contributed by atoms with Gasteiger partial charge in [0.05, 0.1) is 9.92 Å². The lowest BCUT2D eigenvalue weighted by atomic mass is 10.2. The number of benzene rings is 1. The maximum Gasteiger partial charge on any atom is 0.243 e. The Bertz CT molecular complexity index is 601. The fourth-order valence-electron chi connectivity index (χ4n) is 2.41. The molecule has 1 fully saturated rings. The third-order valence-electron chi connectivity index (χ3n) is 3.60. The van der Waals surface area contributed by atoms with E-state index in [9.17, 15) is 12.8 Å². The molecule has 1 aliphatic rings. The van der Waals surface area contributed by atoms with Gasteiger partial charge in [-0.2, -0.15) is 4.31 Å². The highest BCUT2D eigenvalue weighted by atomic mass is 35.5. The van der Waals surface area contributed by atoms with E-state index in [1.165, 1.54) is 10.4 Å². The zero-order chi connectivity index (χ0) is 15.5. The highest BCUT2D eigenvalue weighted by Gasteiger charge is 2.27. The molecule has 1 aliphatic heterocycles. The first kappa shape index (κ1) is 16.7. The molecule has 1 aromatic rings. The van der Waals surface area contributed by atoms with Crippen molar-refractivity contribution >= 4 is 21.6 Å². The van der Waals surface area contributed by atoms with Crippen molar-refractivity contribution in [3.63, 3.8) is 0 Å². The summed E-state index contributed by atoms with van der Waals surface area (Å²) >= 11 is 5.91. The molecule has 1 N–H and O–H groups in total. The summed E-state index contributed by atoms with van der Waals surface area (Å²) < 4.78 is 40.5. The molecule has 0 saturated carbocycles. The number of piperidine rings is 1. The van der Waals surface area contributed by atoms with E-state index in [-0.39, 0.29) is 9.92 Å². The van der Waals surface area contributed by atoms with Crippen molar-refractivity contribution in [3.8, 4) is 0 Å². The van der Waals surface area contributed by atoms with Gasteiger partial charge in [-0.05, 0) is 37.1 Å². The van der Waals surface area contributed by atoms with Crippen molar-refractivity contribution < 1.29 is 12.8 Å². The lowest BCUT2D eigenvalue weighted by molar-refractivity contribution is 0.346. The molecule has 0 bridgehead atoms. The van der Waals surface area contributed by atoms with Gasteiger partial charge < -0.3 is 5.32 Å². The number of hydrogen-bond donors (Lipinski definition) is 1. The monoisotopic (exact) mass is 334 g/mol. The highest BCUT2D eigenvalue weighted by molar-refractivity contribution is 7.89. The summed E-state index contributed by atoms with van der Waals surface area (Å²) in [7, 11) is -3.64. The average Bonchev–Trinajstić information content (AvgIpc) is 2.49. The zero-order valence-electron chi connectivity index (χ0n) is 12.0. The molecule has 0 spiro atoms. The van der Waals surface area contributed by atoms with Gasteiger partial charge in [0, 0.05) is 19.6 Å². The van der Waals surface area contributed by atoms with E-state index in [1.54, 1.807) is 0 Å². The first-order valence-corrected chi connectivity index (χ1v) is 8.97. The second-order valence-corrected chi connectivity index (χ2v) is 7.44. The van der Waals surface area contributed by atoms with Gasteiger partial charge in [-0.1, -0.05) is 24.9 Å². The minimum absolute atomic E-state index is 0.0146. The van der Waals surface area contributed by atoms with Gasteiger partial charge in [0.15, 0.2) is 0 Å². The normalized spacial score (nSPS) is 17.1. The van der Waals surface area contributed by atoms with Crippen LogP contribution in [0.3, 0.4) is 0 Å². The van der Waals surface area contributed by atoms with E-state index < -0.39 is 15.8 Å². The van der Waals surface area contributed by atoms with Crippen molar-refractivity contribution in [2.75, 3.05) is 19.6 Å². The summed E-state index contributed by atoms with van der Waals surface area (Å²) in [4.78, 5) is -0.0146. The first-order valence-electron chi connectivity index (χ1n) is 7.15. The minimum Gasteiger partial charge on any atom is -0.313 e. The summed E-state index contributed by atoms with van der Waals surface area (Å²) in [5.74, 6) is -0.692. The lowest BCUT2D eigenvalue weighted by Crippen LogP contribution is -2.35. The molecule has 118 valence electrons. The number of hydrogen-bond acceptors (Lipinski definition) is 3. The number of sulfonamides is 1. The van der Waals surface area contributed by atoms with Gasteiger partial charge in [-0.25, -0.2) is 12.8 Å².